The van der Waals surface area contributed by atoms with E-state index in [0.717, 1.165) is 19.5 Å². The van der Waals surface area contributed by atoms with Gasteiger partial charge in [0.15, 0.2) is 0 Å². The van der Waals surface area contributed by atoms with Crippen LogP contribution in [0.1, 0.15) is 33.6 Å². The first-order chi connectivity index (χ1) is 7.97. The second-order valence-corrected chi connectivity index (χ2v) is 4.98. The Kier molecular flexibility index (Phi) is 13.1. The van der Waals surface area contributed by atoms with Crippen molar-refractivity contribution in [1.29, 1.82) is 0 Å². The minimum Gasteiger partial charge on any atom is -0.378 e. The van der Waals surface area contributed by atoms with Crippen LogP contribution in [0.15, 0.2) is 0 Å². The fraction of sp³-hybridized carbons (Fsp3) is 0.923. The Morgan fingerprint density at radius 1 is 1.33 bits per heavy atom. The van der Waals surface area contributed by atoms with Crippen LogP contribution >= 0.6 is 12.4 Å². The highest BCUT2D eigenvalue weighted by Gasteiger charge is 2.10. The zero-order valence-electron chi connectivity index (χ0n) is 12.4. The molecule has 1 unspecified atom stereocenters. The molecule has 4 nitrogen and oxygen atoms in total. The van der Waals surface area contributed by atoms with Crippen LogP contribution in [0.5, 0.6) is 0 Å². The molecule has 0 radical (unpaired) electrons. The predicted molar refractivity (Wildman–Crippen MR) is 78.3 cm³/mol. The van der Waals surface area contributed by atoms with Crippen molar-refractivity contribution in [2.24, 2.45) is 5.92 Å². The summed E-state index contributed by atoms with van der Waals surface area (Å²) < 4.78 is 5.61. The van der Waals surface area contributed by atoms with Crippen molar-refractivity contribution < 1.29 is 9.53 Å². The van der Waals surface area contributed by atoms with Gasteiger partial charge in [-0.25, -0.2) is 0 Å². The molecule has 0 bridgehead atoms. The monoisotopic (exact) mass is 280 g/mol. The Hall–Kier alpha value is -0.320. The van der Waals surface area contributed by atoms with Crippen molar-refractivity contribution in [3.63, 3.8) is 0 Å². The van der Waals surface area contributed by atoms with Crippen molar-refractivity contribution in [2.75, 3.05) is 33.8 Å². The molecule has 0 heterocycles. The Balaban J connectivity index is 0. The number of halogens is 1. The van der Waals surface area contributed by atoms with E-state index in [0.29, 0.717) is 18.9 Å². The number of amides is 1. The SMILES string of the molecule is CNCCN(C)C(=O)CCOC(C)CC(C)C.Cl. The van der Waals surface area contributed by atoms with Crippen LogP contribution in [0.3, 0.4) is 0 Å². The molecule has 0 aliphatic rings. The second kappa shape index (κ2) is 11.8. The van der Waals surface area contributed by atoms with Gasteiger partial charge in [0, 0.05) is 20.1 Å². The zero-order valence-corrected chi connectivity index (χ0v) is 13.2. The number of nitrogens with one attached hydrogen (secondary N) is 1. The van der Waals surface area contributed by atoms with Gasteiger partial charge in [0.1, 0.15) is 0 Å². The second-order valence-electron chi connectivity index (χ2n) is 4.98. The lowest BCUT2D eigenvalue weighted by Crippen LogP contribution is -2.33. The molecule has 0 spiro atoms. The molecule has 0 aliphatic heterocycles. The molecule has 1 atom stereocenters. The summed E-state index contributed by atoms with van der Waals surface area (Å²) in [5.41, 5.74) is 0. The number of hydrogen-bond acceptors (Lipinski definition) is 3. The van der Waals surface area contributed by atoms with Crippen molar-refractivity contribution in [3.05, 3.63) is 0 Å². The summed E-state index contributed by atoms with van der Waals surface area (Å²) in [6.07, 6.45) is 1.76. The van der Waals surface area contributed by atoms with E-state index < -0.39 is 0 Å². The van der Waals surface area contributed by atoms with Crippen LogP contribution in [0.25, 0.3) is 0 Å². The summed E-state index contributed by atoms with van der Waals surface area (Å²) >= 11 is 0. The van der Waals surface area contributed by atoms with Gasteiger partial charge in [-0.05, 0) is 26.3 Å². The van der Waals surface area contributed by atoms with E-state index in [1.807, 2.05) is 14.1 Å². The lowest BCUT2D eigenvalue weighted by atomic mass is 10.1. The Morgan fingerprint density at radius 3 is 2.44 bits per heavy atom. The smallest absolute Gasteiger partial charge is 0.224 e. The van der Waals surface area contributed by atoms with Crippen LogP contribution in [-0.4, -0.2) is 50.7 Å². The summed E-state index contributed by atoms with van der Waals surface area (Å²) in [7, 11) is 3.71. The Labute approximate surface area is 118 Å². The minimum atomic E-state index is 0. The number of carbonyl (C=O) groups excluding carboxylic acids is 1. The highest BCUT2D eigenvalue weighted by atomic mass is 35.5. The van der Waals surface area contributed by atoms with Gasteiger partial charge in [0.2, 0.25) is 5.91 Å². The molecule has 1 amide bonds. The fourth-order valence-corrected chi connectivity index (χ4v) is 1.67. The predicted octanol–water partition coefficient (Wildman–Crippen LogP) is 1.93. The summed E-state index contributed by atoms with van der Waals surface area (Å²) in [4.78, 5) is 13.4. The van der Waals surface area contributed by atoms with E-state index in [1.165, 1.54) is 0 Å². The third-order valence-electron chi connectivity index (χ3n) is 2.64. The number of likely N-dealkylation sites (N-methyl/N-ethyl adjacent to an activating group) is 2. The number of hydrogen-bond donors (Lipinski definition) is 1. The minimum absolute atomic E-state index is 0. The summed E-state index contributed by atoms with van der Waals surface area (Å²) in [5.74, 6) is 0.788. The zero-order chi connectivity index (χ0) is 13.3. The maximum Gasteiger partial charge on any atom is 0.224 e. The Morgan fingerprint density at radius 2 is 1.94 bits per heavy atom. The number of carbonyl (C=O) groups is 1. The first-order valence-electron chi connectivity index (χ1n) is 6.47. The lowest BCUT2D eigenvalue weighted by Gasteiger charge is -2.18. The largest absolute Gasteiger partial charge is 0.378 e. The summed E-state index contributed by atoms with van der Waals surface area (Å²) in [6.45, 7) is 8.52. The lowest BCUT2D eigenvalue weighted by molar-refractivity contribution is -0.131. The molecule has 5 heteroatoms. The highest BCUT2D eigenvalue weighted by Crippen LogP contribution is 2.07. The van der Waals surface area contributed by atoms with Gasteiger partial charge >= 0.3 is 0 Å². The molecule has 18 heavy (non-hydrogen) atoms. The molecule has 0 aromatic heterocycles. The number of ether oxygens (including phenoxy) is 1. The van der Waals surface area contributed by atoms with Gasteiger partial charge in [-0.3, -0.25) is 4.79 Å². The average molecular weight is 281 g/mol. The van der Waals surface area contributed by atoms with E-state index in [2.05, 4.69) is 26.1 Å². The first kappa shape index (κ1) is 20.0. The van der Waals surface area contributed by atoms with Gasteiger partial charge in [0.05, 0.1) is 19.1 Å². The molecule has 1 N–H and O–H groups in total. The normalized spacial score (nSPS) is 12.1. The average Bonchev–Trinajstić information content (AvgIpc) is 2.24. The number of nitrogens with zero attached hydrogens (tertiary/aromatic N) is 1. The topological polar surface area (TPSA) is 41.6 Å². The molecular formula is C13H29ClN2O2. The highest BCUT2D eigenvalue weighted by molar-refractivity contribution is 5.85. The van der Waals surface area contributed by atoms with E-state index in [-0.39, 0.29) is 24.4 Å². The molecule has 0 aliphatic carbocycles. The standard InChI is InChI=1S/C13H28N2O2.ClH/c1-11(2)10-12(3)17-9-6-13(16)15(5)8-7-14-4;/h11-12,14H,6-10H2,1-5H3;1H. The molecule has 0 fully saturated rings. The van der Waals surface area contributed by atoms with Crippen LogP contribution in [0, 0.1) is 5.92 Å². The summed E-state index contributed by atoms with van der Waals surface area (Å²) in [5, 5.41) is 3.02. The van der Waals surface area contributed by atoms with E-state index in [4.69, 9.17) is 4.74 Å². The van der Waals surface area contributed by atoms with E-state index >= 15 is 0 Å². The van der Waals surface area contributed by atoms with Crippen molar-refractivity contribution in [1.82, 2.24) is 10.2 Å². The van der Waals surface area contributed by atoms with Gasteiger partial charge in [-0.2, -0.15) is 0 Å². The third kappa shape index (κ3) is 10.8. The van der Waals surface area contributed by atoms with Crippen molar-refractivity contribution in [2.45, 2.75) is 39.7 Å². The number of rotatable bonds is 9. The van der Waals surface area contributed by atoms with Gasteiger partial charge in [-0.1, -0.05) is 13.8 Å². The van der Waals surface area contributed by atoms with Gasteiger partial charge in [0.25, 0.3) is 0 Å². The Bertz CT molecular complexity index is 213. The molecule has 0 saturated carbocycles. The maximum atomic E-state index is 11.7. The summed E-state index contributed by atoms with van der Waals surface area (Å²) in [6, 6.07) is 0. The van der Waals surface area contributed by atoms with Crippen LogP contribution in [-0.2, 0) is 9.53 Å². The molecular weight excluding hydrogens is 252 g/mol. The van der Waals surface area contributed by atoms with Crippen LogP contribution < -0.4 is 5.32 Å². The molecule has 110 valence electrons. The van der Waals surface area contributed by atoms with E-state index in [1.54, 1.807) is 4.90 Å². The van der Waals surface area contributed by atoms with Crippen molar-refractivity contribution >= 4 is 18.3 Å². The fourth-order valence-electron chi connectivity index (χ4n) is 1.67. The molecule has 0 aromatic carbocycles. The molecule has 0 rings (SSSR count). The third-order valence-corrected chi connectivity index (χ3v) is 2.64. The quantitative estimate of drug-likeness (QED) is 0.702. The van der Waals surface area contributed by atoms with Crippen LogP contribution in [0.4, 0.5) is 0 Å². The van der Waals surface area contributed by atoms with Crippen LogP contribution in [0.2, 0.25) is 0 Å². The molecule has 0 saturated heterocycles. The maximum absolute atomic E-state index is 11.7. The van der Waals surface area contributed by atoms with Gasteiger partial charge in [-0.15, -0.1) is 12.4 Å². The first-order valence-corrected chi connectivity index (χ1v) is 6.47. The van der Waals surface area contributed by atoms with E-state index in [9.17, 15) is 4.79 Å². The molecule has 0 aromatic rings. The van der Waals surface area contributed by atoms with Gasteiger partial charge < -0.3 is 15.0 Å². The van der Waals surface area contributed by atoms with Crippen molar-refractivity contribution in [3.8, 4) is 0 Å².